The molecule has 1 spiro atoms. The van der Waals surface area contributed by atoms with Crippen LogP contribution in [0, 0.1) is 5.92 Å². The average Bonchev–Trinajstić information content (AvgIpc) is 2.73. The lowest BCUT2D eigenvalue weighted by Gasteiger charge is -2.47. The third-order valence-electron chi connectivity index (χ3n) is 7.83. The molecule has 164 valence electrons. The SMILES string of the molecule is O=C(CC1CC2(CCN(CC3CCOCC3)CC2)Oc2ccccc21)NC1CCC1. The van der Waals surface area contributed by atoms with Crippen LogP contribution in [0.2, 0.25) is 0 Å². The number of carbonyl (C=O) groups is 1. The molecule has 1 atom stereocenters. The minimum Gasteiger partial charge on any atom is -0.487 e. The van der Waals surface area contributed by atoms with E-state index in [9.17, 15) is 4.79 Å². The van der Waals surface area contributed by atoms with E-state index in [4.69, 9.17) is 9.47 Å². The van der Waals surface area contributed by atoms with Crippen LogP contribution in [0.3, 0.4) is 0 Å². The number of carbonyl (C=O) groups excluding carboxylic acids is 1. The molecule has 5 heteroatoms. The van der Waals surface area contributed by atoms with Crippen LogP contribution in [0.5, 0.6) is 5.75 Å². The van der Waals surface area contributed by atoms with Crippen LogP contribution in [0.4, 0.5) is 0 Å². The van der Waals surface area contributed by atoms with Gasteiger partial charge in [-0.1, -0.05) is 18.2 Å². The van der Waals surface area contributed by atoms with Crippen molar-refractivity contribution in [2.24, 2.45) is 5.92 Å². The maximum absolute atomic E-state index is 12.7. The lowest BCUT2D eigenvalue weighted by atomic mass is 9.76. The van der Waals surface area contributed by atoms with Crippen LogP contribution in [-0.4, -0.2) is 55.3 Å². The second-order valence-electron chi connectivity index (χ2n) is 9.98. The molecule has 3 heterocycles. The van der Waals surface area contributed by atoms with Gasteiger partial charge in [-0.05, 0) is 68.9 Å². The van der Waals surface area contributed by atoms with Crippen LogP contribution in [0.1, 0.15) is 69.3 Å². The van der Waals surface area contributed by atoms with Gasteiger partial charge in [-0.3, -0.25) is 4.79 Å². The van der Waals surface area contributed by atoms with Gasteiger partial charge in [-0.2, -0.15) is 0 Å². The lowest BCUT2D eigenvalue weighted by molar-refractivity contribution is -0.123. The van der Waals surface area contributed by atoms with E-state index in [1.807, 2.05) is 0 Å². The van der Waals surface area contributed by atoms with Crippen LogP contribution < -0.4 is 10.1 Å². The van der Waals surface area contributed by atoms with Gasteiger partial charge in [0, 0.05) is 51.2 Å². The molecule has 0 bridgehead atoms. The Morgan fingerprint density at radius 3 is 2.60 bits per heavy atom. The highest BCUT2D eigenvalue weighted by Gasteiger charge is 2.44. The van der Waals surface area contributed by atoms with Gasteiger partial charge in [-0.15, -0.1) is 0 Å². The molecule has 1 aromatic rings. The monoisotopic (exact) mass is 412 g/mol. The highest BCUT2D eigenvalue weighted by molar-refractivity contribution is 5.77. The molecule has 1 unspecified atom stereocenters. The van der Waals surface area contributed by atoms with Gasteiger partial charge < -0.3 is 19.7 Å². The van der Waals surface area contributed by atoms with Gasteiger partial charge in [0.15, 0.2) is 0 Å². The Morgan fingerprint density at radius 1 is 1.10 bits per heavy atom. The summed E-state index contributed by atoms with van der Waals surface area (Å²) in [4.78, 5) is 15.3. The number of amides is 1. The predicted octanol–water partition coefficient (Wildman–Crippen LogP) is 3.87. The molecule has 30 heavy (non-hydrogen) atoms. The zero-order chi connectivity index (χ0) is 20.4. The van der Waals surface area contributed by atoms with Crippen LogP contribution in [0.25, 0.3) is 0 Å². The molecule has 3 aliphatic heterocycles. The maximum atomic E-state index is 12.7. The molecule has 1 saturated carbocycles. The summed E-state index contributed by atoms with van der Waals surface area (Å²) in [7, 11) is 0. The number of piperidine rings is 1. The summed E-state index contributed by atoms with van der Waals surface area (Å²) in [6.07, 6.45) is 9.60. The molecule has 2 saturated heterocycles. The third-order valence-corrected chi connectivity index (χ3v) is 7.83. The Morgan fingerprint density at radius 2 is 1.87 bits per heavy atom. The maximum Gasteiger partial charge on any atom is 0.220 e. The number of hydrogen-bond donors (Lipinski definition) is 1. The van der Waals surface area contributed by atoms with Crippen molar-refractivity contribution in [2.75, 3.05) is 32.8 Å². The second kappa shape index (κ2) is 8.88. The first-order valence-corrected chi connectivity index (χ1v) is 12.1. The van der Waals surface area contributed by atoms with Crippen molar-refractivity contribution in [2.45, 2.75) is 75.3 Å². The molecule has 1 aliphatic carbocycles. The van der Waals surface area contributed by atoms with Crippen LogP contribution in [-0.2, 0) is 9.53 Å². The standard InChI is InChI=1S/C25H36N2O3/c28-24(26-21-4-3-5-21)16-20-17-25(30-23-7-2-1-6-22(20)23)10-12-27(13-11-25)18-19-8-14-29-15-9-19/h1-2,6-7,19-21H,3-5,8-18H2,(H,26,28). The van der Waals surface area contributed by atoms with E-state index in [0.29, 0.717) is 12.5 Å². The van der Waals surface area contributed by atoms with E-state index in [2.05, 4.69) is 34.5 Å². The number of hydrogen-bond acceptors (Lipinski definition) is 4. The first kappa shape index (κ1) is 20.3. The number of fused-ring (bicyclic) bond motifs is 1. The quantitative estimate of drug-likeness (QED) is 0.798. The first-order chi connectivity index (χ1) is 14.7. The fraction of sp³-hybridized carbons (Fsp3) is 0.720. The highest BCUT2D eigenvalue weighted by Crippen LogP contribution is 2.46. The molecule has 0 radical (unpaired) electrons. The molecule has 3 fully saturated rings. The van der Waals surface area contributed by atoms with Crippen molar-refractivity contribution < 1.29 is 14.3 Å². The molecular weight excluding hydrogens is 376 g/mol. The van der Waals surface area contributed by atoms with Gasteiger partial charge in [-0.25, -0.2) is 0 Å². The zero-order valence-corrected chi connectivity index (χ0v) is 18.1. The Bertz CT molecular complexity index is 734. The van der Waals surface area contributed by atoms with E-state index < -0.39 is 0 Å². The first-order valence-electron chi connectivity index (χ1n) is 12.1. The number of likely N-dealkylation sites (tertiary alicyclic amines) is 1. The van der Waals surface area contributed by atoms with E-state index in [-0.39, 0.29) is 17.4 Å². The summed E-state index contributed by atoms with van der Waals surface area (Å²) in [5.74, 6) is 2.26. The van der Waals surface area contributed by atoms with Gasteiger partial charge >= 0.3 is 0 Å². The molecule has 1 amide bonds. The van der Waals surface area contributed by atoms with Gasteiger partial charge in [0.1, 0.15) is 11.4 Å². The smallest absolute Gasteiger partial charge is 0.220 e. The number of rotatable bonds is 5. The van der Waals surface area contributed by atoms with E-state index in [0.717, 1.165) is 70.1 Å². The van der Waals surface area contributed by atoms with Gasteiger partial charge in [0.25, 0.3) is 0 Å². The van der Waals surface area contributed by atoms with Crippen molar-refractivity contribution >= 4 is 5.91 Å². The Labute approximate surface area is 180 Å². The zero-order valence-electron chi connectivity index (χ0n) is 18.1. The molecule has 1 N–H and O–H groups in total. The average molecular weight is 413 g/mol. The second-order valence-corrected chi connectivity index (χ2v) is 9.98. The van der Waals surface area contributed by atoms with Crippen LogP contribution >= 0.6 is 0 Å². The number of nitrogens with one attached hydrogen (secondary N) is 1. The predicted molar refractivity (Wildman–Crippen MR) is 117 cm³/mol. The summed E-state index contributed by atoms with van der Waals surface area (Å²) in [6, 6.07) is 8.80. The lowest BCUT2D eigenvalue weighted by Crippen LogP contribution is -2.51. The number of nitrogens with zero attached hydrogens (tertiary/aromatic N) is 1. The van der Waals surface area contributed by atoms with Crippen molar-refractivity contribution in [3.8, 4) is 5.75 Å². The summed E-state index contributed by atoms with van der Waals surface area (Å²) < 4.78 is 12.2. The van der Waals surface area contributed by atoms with Crippen molar-refractivity contribution in [3.05, 3.63) is 29.8 Å². The summed E-state index contributed by atoms with van der Waals surface area (Å²) in [5, 5.41) is 3.24. The molecule has 1 aromatic carbocycles. The molecule has 0 aromatic heterocycles. The minimum absolute atomic E-state index is 0.109. The Hall–Kier alpha value is -1.59. The van der Waals surface area contributed by atoms with E-state index >= 15 is 0 Å². The fourth-order valence-electron chi connectivity index (χ4n) is 5.73. The van der Waals surface area contributed by atoms with E-state index in [1.165, 1.54) is 31.4 Å². The summed E-state index contributed by atoms with van der Waals surface area (Å²) in [6.45, 7) is 5.24. The normalized spacial score (nSPS) is 27.1. The van der Waals surface area contributed by atoms with E-state index in [1.54, 1.807) is 0 Å². The topological polar surface area (TPSA) is 50.8 Å². The minimum atomic E-state index is -0.109. The largest absolute Gasteiger partial charge is 0.487 e. The van der Waals surface area contributed by atoms with Gasteiger partial charge in [0.05, 0.1) is 0 Å². The van der Waals surface area contributed by atoms with Crippen molar-refractivity contribution in [3.63, 3.8) is 0 Å². The Kier molecular flexibility index (Phi) is 6.01. The number of benzene rings is 1. The number of ether oxygens (including phenoxy) is 2. The number of para-hydroxylation sites is 1. The van der Waals surface area contributed by atoms with Crippen LogP contribution in [0.15, 0.2) is 24.3 Å². The molecular formula is C25H36N2O3. The van der Waals surface area contributed by atoms with Gasteiger partial charge in [0.2, 0.25) is 5.91 Å². The van der Waals surface area contributed by atoms with Crippen molar-refractivity contribution in [1.82, 2.24) is 10.2 Å². The molecule has 5 rings (SSSR count). The summed E-state index contributed by atoms with van der Waals surface area (Å²) in [5.41, 5.74) is 1.11. The molecule has 4 aliphatic rings. The summed E-state index contributed by atoms with van der Waals surface area (Å²) >= 11 is 0. The fourth-order valence-corrected chi connectivity index (χ4v) is 5.73. The Balaban J connectivity index is 1.23. The molecule has 5 nitrogen and oxygen atoms in total. The third kappa shape index (κ3) is 4.52. The highest BCUT2D eigenvalue weighted by atomic mass is 16.5. The van der Waals surface area contributed by atoms with Crippen molar-refractivity contribution in [1.29, 1.82) is 0 Å².